The number of fused-ring (bicyclic) bond motifs is 1. The summed E-state index contributed by atoms with van der Waals surface area (Å²) in [6, 6.07) is 2.07. The third-order valence-corrected chi connectivity index (χ3v) is 2.86. The van der Waals surface area contributed by atoms with Crippen molar-refractivity contribution in [1.82, 2.24) is 9.88 Å². The number of H-pyrrole nitrogens is 1. The van der Waals surface area contributed by atoms with Gasteiger partial charge in [-0.3, -0.25) is 4.79 Å². The zero-order valence-corrected chi connectivity index (χ0v) is 9.42. The van der Waals surface area contributed by atoms with E-state index >= 15 is 0 Å². The van der Waals surface area contributed by atoms with Crippen LogP contribution in [0, 0.1) is 5.92 Å². The third-order valence-electron chi connectivity index (χ3n) is 2.86. The molecule has 2 heterocycles. The number of nitrogens with one attached hydrogen (secondary N) is 1. The minimum Gasteiger partial charge on any atom is -0.365 e. The molecule has 0 saturated heterocycles. The van der Waals surface area contributed by atoms with Crippen molar-refractivity contribution < 1.29 is 4.79 Å². The molecule has 82 valence electrons. The highest BCUT2D eigenvalue weighted by atomic mass is 16.2. The van der Waals surface area contributed by atoms with Gasteiger partial charge in [-0.05, 0) is 17.5 Å². The normalized spacial score (nSPS) is 15.5. The maximum absolute atomic E-state index is 11.9. The van der Waals surface area contributed by atoms with Crippen LogP contribution in [0.25, 0.3) is 0 Å². The number of amides is 1. The van der Waals surface area contributed by atoms with E-state index in [1.54, 1.807) is 0 Å². The molecular formula is C12H18N2O. The molecular weight excluding hydrogens is 188 g/mol. The number of carbonyl (C=O) groups excluding carboxylic acids is 1. The second-order valence-corrected chi connectivity index (χ2v) is 4.64. The van der Waals surface area contributed by atoms with Crippen molar-refractivity contribution in [2.24, 2.45) is 5.92 Å². The Bertz CT molecular complexity index is 354. The van der Waals surface area contributed by atoms with Crippen molar-refractivity contribution >= 4 is 5.91 Å². The quantitative estimate of drug-likeness (QED) is 0.788. The van der Waals surface area contributed by atoms with E-state index in [9.17, 15) is 4.79 Å². The van der Waals surface area contributed by atoms with Gasteiger partial charge in [0.1, 0.15) is 0 Å². The second kappa shape index (κ2) is 4.09. The van der Waals surface area contributed by atoms with E-state index in [-0.39, 0.29) is 5.91 Å². The molecule has 0 aromatic carbocycles. The van der Waals surface area contributed by atoms with Crippen molar-refractivity contribution in [2.45, 2.75) is 33.2 Å². The number of aromatic nitrogens is 1. The zero-order valence-electron chi connectivity index (χ0n) is 9.42. The molecule has 1 aliphatic heterocycles. The molecule has 0 radical (unpaired) electrons. The van der Waals surface area contributed by atoms with Gasteiger partial charge in [0, 0.05) is 37.8 Å². The first-order valence-electron chi connectivity index (χ1n) is 5.59. The fourth-order valence-electron chi connectivity index (χ4n) is 2.04. The van der Waals surface area contributed by atoms with Gasteiger partial charge >= 0.3 is 0 Å². The lowest BCUT2D eigenvalue weighted by atomic mass is 10.1. The summed E-state index contributed by atoms with van der Waals surface area (Å²) in [5.74, 6) is 0.738. The Kier molecular flexibility index (Phi) is 2.80. The number of hydrogen-bond acceptors (Lipinski definition) is 1. The molecule has 3 nitrogen and oxygen atoms in total. The van der Waals surface area contributed by atoms with Crippen LogP contribution in [0.1, 0.15) is 31.5 Å². The molecule has 0 aliphatic carbocycles. The predicted octanol–water partition coefficient (Wildman–Crippen LogP) is 1.95. The minimum atomic E-state index is 0.289. The van der Waals surface area contributed by atoms with Gasteiger partial charge in [-0.1, -0.05) is 13.8 Å². The Morgan fingerprint density at radius 2 is 2.40 bits per heavy atom. The van der Waals surface area contributed by atoms with Crippen molar-refractivity contribution in [3.8, 4) is 0 Å². The van der Waals surface area contributed by atoms with Gasteiger partial charge in [0.25, 0.3) is 0 Å². The fraction of sp³-hybridized carbons (Fsp3) is 0.583. The summed E-state index contributed by atoms with van der Waals surface area (Å²) in [4.78, 5) is 17.0. The molecule has 15 heavy (non-hydrogen) atoms. The number of carbonyl (C=O) groups is 1. The van der Waals surface area contributed by atoms with Crippen LogP contribution in [0.2, 0.25) is 0 Å². The maximum atomic E-state index is 11.9. The predicted molar refractivity (Wildman–Crippen MR) is 59.4 cm³/mol. The number of aromatic amines is 1. The highest BCUT2D eigenvalue weighted by molar-refractivity contribution is 5.76. The number of rotatable bonds is 2. The van der Waals surface area contributed by atoms with Gasteiger partial charge in [0.15, 0.2) is 0 Å². The van der Waals surface area contributed by atoms with Crippen LogP contribution in [0.5, 0.6) is 0 Å². The topological polar surface area (TPSA) is 36.1 Å². The molecule has 0 fully saturated rings. The van der Waals surface area contributed by atoms with E-state index in [1.165, 1.54) is 11.3 Å². The Morgan fingerprint density at radius 1 is 1.60 bits per heavy atom. The molecule has 3 heteroatoms. The molecule has 1 aliphatic rings. The van der Waals surface area contributed by atoms with Crippen LogP contribution < -0.4 is 0 Å². The molecule has 1 aromatic heterocycles. The zero-order chi connectivity index (χ0) is 10.8. The van der Waals surface area contributed by atoms with E-state index in [1.807, 2.05) is 11.1 Å². The Hall–Kier alpha value is -1.25. The Morgan fingerprint density at radius 3 is 3.13 bits per heavy atom. The summed E-state index contributed by atoms with van der Waals surface area (Å²) in [6.07, 6.45) is 3.59. The van der Waals surface area contributed by atoms with E-state index < -0.39 is 0 Å². The van der Waals surface area contributed by atoms with E-state index in [4.69, 9.17) is 0 Å². The van der Waals surface area contributed by atoms with E-state index in [2.05, 4.69) is 24.9 Å². The lowest BCUT2D eigenvalue weighted by Crippen LogP contribution is -2.36. The Balaban J connectivity index is 2.00. The summed E-state index contributed by atoms with van der Waals surface area (Å²) in [5, 5.41) is 0. The first kappa shape index (κ1) is 10.3. The van der Waals surface area contributed by atoms with Crippen LogP contribution in [0.3, 0.4) is 0 Å². The highest BCUT2D eigenvalue weighted by Gasteiger charge is 2.21. The maximum Gasteiger partial charge on any atom is 0.223 e. The minimum absolute atomic E-state index is 0.289. The first-order chi connectivity index (χ1) is 7.16. The molecule has 0 saturated carbocycles. The first-order valence-corrected chi connectivity index (χ1v) is 5.59. The summed E-state index contributed by atoms with van der Waals surface area (Å²) in [7, 11) is 0. The van der Waals surface area contributed by atoms with Gasteiger partial charge in [-0.25, -0.2) is 0 Å². The monoisotopic (exact) mass is 206 g/mol. The fourth-order valence-corrected chi connectivity index (χ4v) is 2.04. The molecule has 1 N–H and O–H groups in total. The molecule has 2 rings (SSSR count). The molecule has 1 amide bonds. The second-order valence-electron chi connectivity index (χ2n) is 4.64. The molecule has 1 aromatic rings. The standard InChI is InChI=1S/C12H18N2O/c1-9(2)7-12(15)14-6-4-11-10(8-14)3-5-13-11/h3,5,9,13H,4,6-8H2,1-2H3. The molecule has 0 spiro atoms. The van der Waals surface area contributed by atoms with Crippen molar-refractivity contribution in [1.29, 1.82) is 0 Å². The summed E-state index contributed by atoms with van der Waals surface area (Å²) in [5.41, 5.74) is 2.57. The summed E-state index contributed by atoms with van der Waals surface area (Å²) < 4.78 is 0. The summed E-state index contributed by atoms with van der Waals surface area (Å²) in [6.45, 7) is 5.82. The molecule has 0 atom stereocenters. The van der Waals surface area contributed by atoms with Crippen molar-refractivity contribution in [2.75, 3.05) is 6.54 Å². The van der Waals surface area contributed by atoms with Gasteiger partial charge in [0.05, 0.1) is 0 Å². The average molecular weight is 206 g/mol. The van der Waals surface area contributed by atoms with Gasteiger partial charge in [-0.2, -0.15) is 0 Å². The van der Waals surface area contributed by atoms with Crippen LogP contribution in [-0.2, 0) is 17.8 Å². The van der Waals surface area contributed by atoms with E-state index in [0.717, 1.165) is 19.5 Å². The molecule has 0 bridgehead atoms. The van der Waals surface area contributed by atoms with Gasteiger partial charge < -0.3 is 9.88 Å². The number of hydrogen-bond donors (Lipinski definition) is 1. The van der Waals surface area contributed by atoms with Crippen LogP contribution in [-0.4, -0.2) is 22.3 Å². The molecule has 0 unspecified atom stereocenters. The summed E-state index contributed by atoms with van der Waals surface area (Å²) >= 11 is 0. The number of nitrogens with zero attached hydrogens (tertiary/aromatic N) is 1. The highest BCUT2D eigenvalue weighted by Crippen LogP contribution is 2.18. The largest absolute Gasteiger partial charge is 0.365 e. The Labute approximate surface area is 90.5 Å². The van der Waals surface area contributed by atoms with Crippen LogP contribution >= 0.6 is 0 Å². The van der Waals surface area contributed by atoms with Crippen molar-refractivity contribution in [3.63, 3.8) is 0 Å². The lowest BCUT2D eigenvalue weighted by Gasteiger charge is -2.27. The lowest BCUT2D eigenvalue weighted by molar-refractivity contribution is -0.132. The van der Waals surface area contributed by atoms with Crippen molar-refractivity contribution in [3.05, 3.63) is 23.5 Å². The SMILES string of the molecule is CC(C)CC(=O)N1CCc2[nH]ccc2C1. The van der Waals surface area contributed by atoms with Gasteiger partial charge in [-0.15, -0.1) is 0 Å². The smallest absolute Gasteiger partial charge is 0.223 e. The van der Waals surface area contributed by atoms with Gasteiger partial charge in [0.2, 0.25) is 5.91 Å². The van der Waals surface area contributed by atoms with Crippen LogP contribution in [0.15, 0.2) is 12.3 Å². The van der Waals surface area contributed by atoms with E-state index in [0.29, 0.717) is 12.3 Å². The average Bonchev–Trinajstić information content (AvgIpc) is 2.62. The third kappa shape index (κ3) is 2.22. The van der Waals surface area contributed by atoms with Crippen LogP contribution in [0.4, 0.5) is 0 Å².